The van der Waals surface area contributed by atoms with Gasteiger partial charge >= 0.3 is 5.97 Å². The number of rotatable bonds is 5. The molecular weight excluding hydrogens is 322 g/mol. The molecule has 1 aliphatic rings. The molecule has 1 amide bonds. The van der Waals surface area contributed by atoms with Crippen molar-refractivity contribution < 1.29 is 14.3 Å². The number of benzene rings is 1. The second kappa shape index (κ2) is 6.58. The maximum atomic E-state index is 12.7. The molecule has 7 nitrogen and oxygen atoms in total. The Morgan fingerprint density at radius 3 is 2.48 bits per heavy atom. The first-order valence-electron chi connectivity index (χ1n) is 8.25. The summed E-state index contributed by atoms with van der Waals surface area (Å²) >= 11 is 0. The second-order valence-electron chi connectivity index (χ2n) is 6.28. The minimum Gasteiger partial charge on any atom is -0.452 e. The van der Waals surface area contributed by atoms with Gasteiger partial charge in [-0.1, -0.05) is 18.2 Å². The monoisotopic (exact) mass is 343 g/mol. The number of ether oxygens (including phenoxy) is 1. The molecular formula is C18H21N3O4. The molecule has 0 aliphatic heterocycles. The number of nitrogens with zero attached hydrogens (tertiary/aromatic N) is 2. The van der Waals surface area contributed by atoms with E-state index in [1.54, 1.807) is 18.7 Å². The fraction of sp³-hybridized carbons (Fsp3) is 0.389. The van der Waals surface area contributed by atoms with Crippen LogP contribution in [0.3, 0.4) is 0 Å². The van der Waals surface area contributed by atoms with E-state index in [0.717, 1.165) is 12.8 Å². The maximum Gasteiger partial charge on any atom is 0.309 e. The van der Waals surface area contributed by atoms with Gasteiger partial charge in [0.1, 0.15) is 5.69 Å². The van der Waals surface area contributed by atoms with E-state index in [-0.39, 0.29) is 23.1 Å². The van der Waals surface area contributed by atoms with Gasteiger partial charge in [-0.15, -0.1) is 0 Å². The molecule has 0 saturated heterocycles. The van der Waals surface area contributed by atoms with Crippen molar-refractivity contribution in [1.82, 2.24) is 9.36 Å². The molecule has 1 aromatic carbocycles. The van der Waals surface area contributed by atoms with E-state index in [9.17, 15) is 14.4 Å². The lowest BCUT2D eigenvalue weighted by molar-refractivity contribution is -0.154. The van der Waals surface area contributed by atoms with Crippen molar-refractivity contribution in [3.05, 3.63) is 46.4 Å². The molecule has 1 aliphatic carbocycles. The molecule has 1 N–H and O–H groups in total. The minimum absolute atomic E-state index is 0.0796. The van der Waals surface area contributed by atoms with Crippen molar-refractivity contribution in [3.8, 4) is 5.69 Å². The molecule has 1 atom stereocenters. The summed E-state index contributed by atoms with van der Waals surface area (Å²) in [6, 6.07) is 9.16. The number of hydrogen-bond donors (Lipinski definition) is 1. The molecule has 1 heterocycles. The zero-order valence-electron chi connectivity index (χ0n) is 14.5. The summed E-state index contributed by atoms with van der Waals surface area (Å²) < 4.78 is 8.30. The smallest absolute Gasteiger partial charge is 0.309 e. The van der Waals surface area contributed by atoms with Crippen molar-refractivity contribution >= 4 is 17.6 Å². The summed E-state index contributed by atoms with van der Waals surface area (Å²) in [7, 11) is 1.75. The molecule has 25 heavy (non-hydrogen) atoms. The lowest BCUT2D eigenvalue weighted by atomic mass is 10.3. The zero-order valence-corrected chi connectivity index (χ0v) is 14.5. The average Bonchev–Trinajstić information content (AvgIpc) is 3.41. The topological polar surface area (TPSA) is 82.3 Å². The summed E-state index contributed by atoms with van der Waals surface area (Å²) in [5.74, 6) is -0.946. The van der Waals surface area contributed by atoms with Gasteiger partial charge in [-0.2, -0.15) is 0 Å². The minimum atomic E-state index is -0.947. The number of anilines is 1. The lowest BCUT2D eigenvalue weighted by Crippen LogP contribution is -2.32. The number of amides is 1. The Bertz CT molecular complexity index is 862. The molecule has 2 aromatic rings. The summed E-state index contributed by atoms with van der Waals surface area (Å²) in [6.45, 7) is 3.25. The third-order valence-electron chi connectivity index (χ3n) is 4.38. The third-order valence-corrected chi connectivity index (χ3v) is 4.38. The zero-order chi connectivity index (χ0) is 18.1. The Hall–Kier alpha value is -2.83. The Balaban J connectivity index is 1.82. The lowest BCUT2D eigenvalue weighted by Gasteiger charge is -2.12. The number of carbonyl (C=O) groups excluding carboxylic acids is 2. The van der Waals surface area contributed by atoms with E-state index in [1.807, 2.05) is 30.3 Å². The van der Waals surface area contributed by atoms with Crippen LogP contribution in [0, 0.1) is 12.8 Å². The fourth-order valence-corrected chi connectivity index (χ4v) is 2.58. The summed E-state index contributed by atoms with van der Waals surface area (Å²) in [4.78, 5) is 36.7. The average molecular weight is 343 g/mol. The number of esters is 1. The molecule has 3 rings (SSSR count). The summed E-state index contributed by atoms with van der Waals surface area (Å²) in [5, 5.41) is 2.60. The molecule has 1 unspecified atom stereocenters. The van der Waals surface area contributed by atoms with Crippen molar-refractivity contribution in [2.24, 2.45) is 13.0 Å². The van der Waals surface area contributed by atoms with E-state index in [0.29, 0.717) is 11.4 Å². The van der Waals surface area contributed by atoms with Gasteiger partial charge in [-0.25, -0.2) is 4.68 Å². The van der Waals surface area contributed by atoms with Crippen LogP contribution < -0.4 is 10.9 Å². The Labute approximate surface area is 145 Å². The Morgan fingerprint density at radius 2 is 1.88 bits per heavy atom. The normalized spacial score (nSPS) is 14.8. The van der Waals surface area contributed by atoms with Gasteiger partial charge in [0, 0.05) is 7.05 Å². The fourth-order valence-electron chi connectivity index (χ4n) is 2.58. The van der Waals surface area contributed by atoms with Crippen LogP contribution in [-0.2, 0) is 21.4 Å². The molecule has 1 fully saturated rings. The van der Waals surface area contributed by atoms with Gasteiger partial charge in [0.2, 0.25) is 0 Å². The van der Waals surface area contributed by atoms with Crippen LogP contribution in [0.4, 0.5) is 5.69 Å². The van der Waals surface area contributed by atoms with Crippen molar-refractivity contribution in [1.29, 1.82) is 0 Å². The number of hydrogen-bond acceptors (Lipinski definition) is 4. The molecule has 7 heteroatoms. The molecule has 1 aromatic heterocycles. The Kier molecular flexibility index (Phi) is 4.48. The SMILES string of the molecule is Cc1c(NC(=O)C(C)OC(=O)C2CC2)c(=O)n(-c2ccccc2)n1C. The number of aromatic nitrogens is 2. The number of para-hydroxylation sites is 1. The highest BCUT2D eigenvalue weighted by atomic mass is 16.5. The third kappa shape index (κ3) is 3.35. The quantitative estimate of drug-likeness (QED) is 0.839. The van der Waals surface area contributed by atoms with Gasteiger partial charge in [0.05, 0.1) is 17.3 Å². The molecule has 0 spiro atoms. The molecule has 0 bridgehead atoms. The van der Waals surface area contributed by atoms with Crippen LogP contribution in [0.2, 0.25) is 0 Å². The van der Waals surface area contributed by atoms with Crippen LogP contribution in [0.5, 0.6) is 0 Å². The van der Waals surface area contributed by atoms with Gasteiger partial charge in [-0.05, 0) is 38.8 Å². The van der Waals surface area contributed by atoms with Gasteiger partial charge in [-0.3, -0.25) is 19.1 Å². The first-order chi connectivity index (χ1) is 11.9. The van der Waals surface area contributed by atoms with Gasteiger partial charge in [0.15, 0.2) is 6.10 Å². The van der Waals surface area contributed by atoms with Crippen molar-refractivity contribution in [3.63, 3.8) is 0 Å². The summed E-state index contributed by atoms with van der Waals surface area (Å²) in [6.07, 6.45) is 0.678. The molecule has 132 valence electrons. The highest BCUT2D eigenvalue weighted by molar-refractivity contribution is 5.95. The van der Waals surface area contributed by atoms with Crippen LogP contribution >= 0.6 is 0 Å². The standard InChI is InChI=1S/C18H21N3O4/c1-11-15(19-16(22)12(2)25-18(24)13-9-10-13)17(23)21(20(11)3)14-7-5-4-6-8-14/h4-8,12-13H,9-10H2,1-3H3,(H,19,22). The first kappa shape index (κ1) is 17.0. The van der Waals surface area contributed by atoms with E-state index in [4.69, 9.17) is 4.74 Å². The van der Waals surface area contributed by atoms with E-state index >= 15 is 0 Å². The van der Waals surface area contributed by atoms with Crippen molar-refractivity contribution in [2.45, 2.75) is 32.8 Å². The van der Waals surface area contributed by atoms with E-state index in [2.05, 4.69) is 5.32 Å². The highest BCUT2D eigenvalue weighted by Crippen LogP contribution is 2.30. The highest BCUT2D eigenvalue weighted by Gasteiger charge is 2.33. The Morgan fingerprint density at radius 1 is 1.24 bits per heavy atom. The summed E-state index contributed by atoms with van der Waals surface area (Å²) in [5.41, 5.74) is 1.17. The predicted molar refractivity (Wildman–Crippen MR) is 92.7 cm³/mol. The maximum absolute atomic E-state index is 12.7. The number of carbonyl (C=O) groups is 2. The largest absolute Gasteiger partial charge is 0.452 e. The van der Waals surface area contributed by atoms with Crippen LogP contribution in [0.1, 0.15) is 25.5 Å². The molecule has 1 saturated carbocycles. The van der Waals surface area contributed by atoms with Crippen molar-refractivity contribution in [2.75, 3.05) is 5.32 Å². The van der Waals surface area contributed by atoms with Crippen LogP contribution in [0.15, 0.2) is 35.1 Å². The number of nitrogens with one attached hydrogen (secondary N) is 1. The predicted octanol–water partition coefficient (Wildman–Crippen LogP) is 1.76. The molecule has 0 radical (unpaired) electrons. The first-order valence-corrected chi connectivity index (χ1v) is 8.25. The van der Waals surface area contributed by atoms with E-state index < -0.39 is 12.0 Å². The second-order valence-corrected chi connectivity index (χ2v) is 6.28. The van der Waals surface area contributed by atoms with Gasteiger partial charge < -0.3 is 10.1 Å². The van der Waals surface area contributed by atoms with E-state index in [1.165, 1.54) is 11.6 Å². The van der Waals surface area contributed by atoms with Crippen LogP contribution in [0.25, 0.3) is 5.69 Å². The van der Waals surface area contributed by atoms with Crippen LogP contribution in [-0.4, -0.2) is 27.3 Å². The van der Waals surface area contributed by atoms with Gasteiger partial charge in [0.25, 0.3) is 11.5 Å².